The minimum atomic E-state index is -0.886. The van der Waals surface area contributed by atoms with E-state index in [0.29, 0.717) is 32.8 Å². The number of nitrogens with one attached hydrogen (secondary N) is 1. The second-order valence-electron chi connectivity index (χ2n) is 6.72. The van der Waals surface area contributed by atoms with Gasteiger partial charge in [-0.25, -0.2) is 9.59 Å². The minimum Gasteiger partial charge on any atom is -1.00 e. The molecule has 1 unspecified atom stereocenters. The van der Waals surface area contributed by atoms with Crippen LogP contribution in [-0.2, 0) is 9.53 Å². The Kier molecular flexibility index (Phi) is 9.88. The summed E-state index contributed by atoms with van der Waals surface area (Å²) in [5.41, 5.74) is 0. The molecule has 2 fully saturated rings. The number of ether oxygens (including phenoxy) is 1. The van der Waals surface area contributed by atoms with E-state index in [1.165, 1.54) is 6.42 Å². The number of aliphatic carboxylic acids is 1. The molecule has 3 amide bonds. The third-order valence-electron chi connectivity index (χ3n) is 5.02. The monoisotopic (exact) mass is 363 g/mol. The average molecular weight is 363 g/mol. The van der Waals surface area contributed by atoms with Crippen molar-refractivity contribution >= 4 is 18.1 Å². The van der Waals surface area contributed by atoms with Crippen LogP contribution >= 0.6 is 0 Å². The summed E-state index contributed by atoms with van der Waals surface area (Å²) in [6.45, 7) is 3.80. The van der Waals surface area contributed by atoms with E-state index in [1.807, 2.05) is 0 Å². The first-order valence-electron chi connectivity index (χ1n) is 9.20. The summed E-state index contributed by atoms with van der Waals surface area (Å²) >= 11 is 0. The van der Waals surface area contributed by atoms with Gasteiger partial charge in [0.25, 0.3) is 0 Å². The molecule has 1 saturated heterocycles. The molecule has 2 rings (SSSR count). The molecule has 0 bridgehead atoms. The predicted molar refractivity (Wildman–Crippen MR) is 92.4 cm³/mol. The molecule has 0 radical (unpaired) electrons. The zero-order chi connectivity index (χ0) is 18.2. The number of piperazine rings is 1. The van der Waals surface area contributed by atoms with Crippen LogP contribution in [0, 0.1) is 5.92 Å². The summed E-state index contributed by atoms with van der Waals surface area (Å²) in [5, 5.41) is 12.1. The minimum absolute atomic E-state index is 0. The summed E-state index contributed by atoms with van der Waals surface area (Å²) in [6, 6.07) is -0.561. The Hall–Kier alpha value is -1.39. The van der Waals surface area contributed by atoms with Crippen molar-refractivity contribution < 1.29 is 44.5 Å². The summed E-state index contributed by atoms with van der Waals surface area (Å²) in [7, 11) is 0. The van der Waals surface area contributed by atoms with Crippen LogP contribution in [0.2, 0.25) is 0 Å². The normalized spacial score (nSPS) is 19.3. The molecule has 144 valence electrons. The number of hydrogen-bond donors (Lipinski definition) is 2. The number of hydrogen-bond acceptors (Lipinski definition) is 4. The number of nitrogens with zero attached hydrogens (tertiary/aromatic N) is 2. The topological polar surface area (TPSA) is 99.2 Å². The first-order chi connectivity index (χ1) is 12.0. The van der Waals surface area contributed by atoms with Gasteiger partial charge in [0, 0.05) is 32.2 Å². The largest absolute Gasteiger partial charge is 1.00 e. The third kappa shape index (κ3) is 6.73. The Morgan fingerprint density at radius 2 is 1.69 bits per heavy atom. The molecule has 1 saturated carbocycles. The Morgan fingerprint density at radius 1 is 1.12 bits per heavy atom. The van der Waals surface area contributed by atoms with Gasteiger partial charge in [0.2, 0.25) is 0 Å². The van der Waals surface area contributed by atoms with Crippen LogP contribution in [0.3, 0.4) is 0 Å². The van der Waals surface area contributed by atoms with Gasteiger partial charge >= 0.3 is 37.0 Å². The number of carboxylic acids is 1. The number of carboxylic acid groups (broad SMARTS) is 1. The second-order valence-corrected chi connectivity index (χ2v) is 6.72. The van der Waals surface area contributed by atoms with E-state index in [-0.39, 0.29) is 50.8 Å². The molecule has 26 heavy (non-hydrogen) atoms. The van der Waals surface area contributed by atoms with E-state index in [4.69, 9.17) is 9.84 Å². The van der Waals surface area contributed by atoms with Crippen LogP contribution in [0.1, 0.15) is 46.9 Å². The maximum atomic E-state index is 12.5. The van der Waals surface area contributed by atoms with Gasteiger partial charge in [0.05, 0.1) is 13.0 Å². The van der Waals surface area contributed by atoms with E-state index >= 15 is 0 Å². The molecule has 0 aromatic rings. The van der Waals surface area contributed by atoms with E-state index in [2.05, 4.69) is 5.32 Å². The molecule has 2 N–H and O–H groups in total. The number of urea groups is 1. The maximum Gasteiger partial charge on any atom is 1.00 e. The number of carbonyl (C=O) groups excluding carboxylic acids is 2. The molecule has 2 aliphatic rings. The van der Waals surface area contributed by atoms with Crippen LogP contribution in [0.5, 0.6) is 0 Å². The van der Waals surface area contributed by atoms with Gasteiger partial charge in [-0.05, 0) is 25.7 Å². The van der Waals surface area contributed by atoms with Crippen molar-refractivity contribution in [2.75, 3.05) is 32.8 Å². The number of rotatable bonds is 5. The molecular weight excluding hydrogens is 333 g/mol. The van der Waals surface area contributed by atoms with Gasteiger partial charge < -0.3 is 26.4 Å². The molecule has 1 aliphatic carbocycles. The van der Waals surface area contributed by atoms with Crippen LogP contribution in [-0.4, -0.2) is 71.8 Å². The van der Waals surface area contributed by atoms with Crippen molar-refractivity contribution in [3.05, 3.63) is 0 Å². The summed E-state index contributed by atoms with van der Waals surface area (Å²) in [5.74, 6) is -0.655. The van der Waals surface area contributed by atoms with Gasteiger partial charge in [0.15, 0.2) is 0 Å². The Balaban J connectivity index is 0.00000338. The average Bonchev–Trinajstić information content (AvgIpc) is 2.62. The molecule has 8 nitrogen and oxygen atoms in total. The fraction of sp³-hybridized carbons (Fsp3) is 0.824. The van der Waals surface area contributed by atoms with E-state index < -0.39 is 5.97 Å². The Labute approximate surface area is 168 Å². The summed E-state index contributed by atoms with van der Waals surface area (Å²) in [4.78, 5) is 38.6. The molecule has 1 aliphatic heterocycles. The van der Waals surface area contributed by atoms with Gasteiger partial charge in [-0.2, -0.15) is 0 Å². The van der Waals surface area contributed by atoms with Gasteiger partial charge in [0.1, 0.15) is 0 Å². The molecule has 1 heterocycles. The van der Waals surface area contributed by atoms with Crippen LogP contribution in [0.4, 0.5) is 9.59 Å². The standard InChI is InChI=1S/C17H29N3O5.Li.H/c1-2-25-17(24)20-10-8-19(9-11-20)16(23)18-14(12-15(21)22)13-6-4-3-5-7-13;;/h13-14H,2-12H2,1H3,(H,18,23)(H,21,22);;/q;+1;-1. The molecule has 0 aromatic carbocycles. The fourth-order valence-corrected chi connectivity index (χ4v) is 3.62. The molecule has 1 atom stereocenters. The summed E-state index contributed by atoms with van der Waals surface area (Å²) < 4.78 is 4.97. The Bertz CT molecular complexity index is 483. The van der Waals surface area contributed by atoms with E-state index in [9.17, 15) is 14.4 Å². The van der Waals surface area contributed by atoms with E-state index in [1.54, 1.807) is 16.7 Å². The van der Waals surface area contributed by atoms with Crippen LogP contribution in [0.25, 0.3) is 0 Å². The van der Waals surface area contributed by atoms with Gasteiger partial charge in [-0.15, -0.1) is 0 Å². The molecule has 9 heteroatoms. The molecule has 0 spiro atoms. The van der Waals surface area contributed by atoms with Gasteiger partial charge in [-0.1, -0.05) is 19.3 Å². The van der Waals surface area contributed by atoms with Gasteiger partial charge in [-0.3, -0.25) is 4.79 Å². The van der Waals surface area contributed by atoms with Crippen LogP contribution < -0.4 is 24.2 Å². The molecular formula is C17H30LiN3O5. The van der Waals surface area contributed by atoms with Crippen molar-refractivity contribution in [1.29, 1.82) is 0 Å². The Morgan fingerprint density at radius 3 is 2.23 bits per heavy atom. The predicted octanol–water partition coefficient (Wildman–Crippen LogP) is -0.990. The zero-order valence-corrected chi connectivity index (χ0v) is 15.9. The van der Waals surface area contributed by atoms with Crippen molar-refractivity contribution in [2.45, 2.75) is 51.5 Å². The number of carbonyl (C=O) groups is 3. The number of amides is 3. The first-order valence-corrected chi connectivity index (χ1v) is 9.20. The van der Waals surface area contributed by atoms with Crippen molar-refractivity contribution in [3.63, 3.8) is 0 Å². The third-order valence-corrected chi connectivity index (χ3v) is 5.02. The zero-order valence-electron chi connectivity index (χ0n) is 16.9. The molecule has 0 aromatic heterocycles. The quantitative estimate of drug-likeness (QED) is 0.611. The van der Waals surface area contributed by atoms with Crippen LogP contribution in [0.15, 0.2) is 0 Å². The van der Waals surface area contributed by atoms with E-state index in [0.717, 1.165) is 25.7 Å². The second kappa shape index (κ2) is 11.3. The first kappa shape index (κ1) is 22.6. The smallest absolute Gasteiger partial charge is 1.00 e. The SMILES string of the molecule is CCOC(=O)N1CCN(C(=O)NC(CC(=O)O)C2CCCCC2)CC1.[H-].[Li+]. The summed E-state index contributed by atoms with van der Waals surface area (Å²) in [6.07, 6.45) is 4.90. The van der Waals surface area contributed by atoms with Crippen molar-refractivity contribution in [3.8, 4) is 0 Å². The van der Waals surface area contributed by atoms with Crippen molar-refractivity contribution in [1.82, 2.24) is 15.1 Å². The van der Waals surface area contributed by atoms with Crippen molar-refractivity contribution in [2.24, 2.45) is 5.92 Å². The maximum absolute atomic E-state index is 12.5. The fourth-order valence-electron chi connectivity index (χ4n) is 3.62.